The van der Waals surface area contributed by atoms with Gasteiger partial charge in [-0.15, -0.1) is 0 Å². The summed E-state index contributed by atoms with van der Waals surface area (Å²) in [6.45, 7) is 8.24. The van der Waals surface area contributed by atoms with Crippen LogP contribution in [0, 0.1) is 11.8 Å². The molecule has 0 bridgehead atoms. The fourth-order valence-corrected chi connectivity index (χ4v) is 2.35. The first kappa shape index (κ1) is 12.0. The molecule has 1 N–H and O–H groups in total. The van der Waals surface area contributed by atoms with Crippen LogP contribution < -0.4 is 5.32 Å². The summed E-state index contributed by atoms with van der Waals surface area (Å²) in [6, 6.07) is 0.802. The summed E-state index contributed by atoms with van der Waals surface area (Å²) in [4.78, 5) is 0. The van der Waals surface area contributed by atoms with Gasteiger partial charge in [-0.1, -0.05) is 40.0 Å². The van der Waals surface area contributed by atoms with E-state index in [0.717, 1.165) is 17.9 Å². The third-order valence-corrected chi connectivity index (χ3v) is 3.49. The van der Waals surface area contributed by atoms with Crippen LogP contribution in [0.3, 0.4) is 0 Å². The van der Waals surface area contributed by atoms with Gasteiger partial charge in [0.1, 0.15) is 0 Å². The van der Waals surface area contributed by atoms with Gasteiger partial charge in [-0.3, -0.25) is 0 Å². The Morgan fingerprint density at radius 2 is 1.86 bits per heavy atom. The lowest BCUT2D eigenvalue weighted by Gasteiger charge is -2.23. The van der Waals surface area contributed by atoms with E-state index in [-0.39, 0.29) is 0 Å². The smallest absolute Gasteiger partial charge is 0.00926 e. The third kappa shape index (κ3) is 4.45. The second-order valence-electron chi connectivity index (χ2n) is 5.36. The fraction of sp³-hybridized carbons (Fsp3) is 1.00. The molecular formula is C13H27N. The Balaban J connectivity index is 2.19. The molecule has 2 atom stereocenters. The second-order valence-corrected chi connectivity index (χ2v) is 5.36. The van der Waals surface area contributed by atoms with Gasteiger partial charge in [-0.2, -0.15) is 0 Å². The van der Waals surface area contributed by atoms with Crippen LogP contribution in [0.15, 0.2) is 0 Å². The molecule has 0 radical (unpaired) electrons. The minimum atomic E-state index is 0.802. The quantitative estimate of drug-likeness (QED) is 0.679. The molecule has 0 aromatic heterocycles. The van der Waals surface area contributed by atoms with E-state index in [1.54, 1.807) is 0 Å². The van der Waals surface area contributed by atoms with Crippen molar-refractivity contribution >= 4 is 0 Å². The summed E-state index contributed by atoms with van der Waals surface area (Å²) in [7, 11) is 0. The summed E-state index contributed by atoms with van der Waals surface area (Å²) in [5.41, 5.74) is 0. The van der Waals surface area contributed by atoms with Gasteiger partial charge in [0.05, 0.1) is 0 Å². The zero-order chi connectivity index (χ0) is 10.4. The summed E-state index contributed by atoms with van der Waals surface area (Å²) < 4.78 is 0. The van der Waals surface area contributed by atoms with Gasteiger partial charge < -0.3 is 5.32 Å². The highest BCUT2D eigenvalue weighted by Gasteiger charge is 2.18. The van der Waals surface area contributed by atoms with Crippen LogP contribution in [-0.4, -0.2) is 12.6 Å². The standard InChI is InChI=1S/C13H27N/c1-11(2)9-10-14-13-8-6-4-5-7-12(13)3/h11-14H,4-10H2,1-3H3. The Kier molecular flexibility index (Phi) is 5.54. The monoisotopic (exact) mass is 197 g/mol. The van der Waals surface area contributed by atoms with Crippen LogP contribution in [0.25, 0.3) is 0 Å². The molecule has 1 nitrogen and oxygen atoms in total. The maximum absolute atomic E-state index is 3.74. The van der Waals surface area contributed by atoms with Crippen molar-refractivity contribution in [3.05, 3.63) is 0 Å². The van der Waals surface area contributed by atoms with E-state index in [4.69, 9.17) is 0 Å². The Morgan fingerprint density at radius 3 is 2.57 bits per heavy atom. The van der Waals surface area contributed by atoms with Gasteiger partial charge in [0.2, 0.25) is 0 Å². The molecular weight excluding hydrogens is 170 g/mol. The minimum absolute atomic E-state index is 0.802. The fourth-order valence-electron chi connectivity index (χ4n) is 2.35. The lowest BCUT2D eigenvalue weighted by atomic mass is 9.96. The van der Waals surface area contributed by atoms with Crippen molar-refractivity contribution in [2.45, 2.75) is 65.3 Å². The Bertz CT molecular complexity index is 142. The van der Waals surface area contributed by atoms with E-state index in [9.17, 15) is 0 Å². The maximum atomic E-state index is 3.74. The third-order valence-electron chi connectivity index (χ3n) is 3.49. The predicted octanol–water partition coefficient (Wildman–Crippen LogP) is 3.59. The van der Waals surface area contributed by atoms with Crippen LogP contribution in [0.1, 0.15) is 59.3 Å². The van der Waals surface area contributed by atoms with Crippen molar-refractivity contribution < 1.29 is 0 Å². The topological polar surface area (TPSA) is 12.0 Å². The molecule has 1 heteroatoms. The zero-order valence-electron chi connectivity index (χ0n) is 10.2. The van der Waals surface area contributed by atoms with Crippen LogP contribution in [-0.2, 0) is 0 Å². The molecule has 1 fully saturated rings. The van der Waals surface area contributed by atoms with Crippen molar-refractivity contribution in [2.75, 3.05) is 6.54 Å². The summed E-state index contributed by atoms with van der Waals surface area (Å²) >= 11 is 0. The highest BCUT2D eigenvalue weighted by Crippen LogP contribution is 2.22. The van der Waals surface area contributed by atoms with E-state index in [1.807, 2.05) is 0 Å². The van der Waals surface area contributed by atoms with Crippen molar-refractivity contribution in [3.8, 4) is 0 Å². The molecule has 0 saturated heterocycles. The Labute approximate surface area is 89.7 Å². The Hall–Kier alpha value is -0.0400. The average Bonchev–Trinajstić information content (AvgIpc) is 2.31. The molecule has 1 rings (SSSR count). The number of hydrogen-bond acceptors (Lipinski definition) is 1. The molecule has 0 aromatic rings. The molecule has 14 heavy (non-hydrogen) atoms. The van der Waals surface area contributed by atoms with Crippen LogP contribution in [0.5, 0.6) is 0 Å². The molecule has 1 aliphatic carbocycles. The molecule has 1 aliphatic rings. The minimum Gasteiger partial charge on any atom is -0.314 e. The molecule has 0 spiro atoms. The van der Waals surface area contributed by atoms with Gasteiger partial charge >= 0.3 is 0 Å². The largest absolute Gasteiger partial charge is 0.314 e. The van der Waals surface area contributed by atoms with Crippen LogP contribution in [0.2, 0.25) is 0 Å². The van der Waals surface area contributed by atoms with Crippen molar-refractivity contribution in [1.82, 2.24) is 5.32 Å². The first-order valence-corrected chi connectivity index (χ1v) is 6.43. The second kappa shape index (κ2) is 6.44. The first-order chi connectivity index (χ1) is 6.70. The van der Waals surface area contributed by atoms with E-state index in [0.29, 0.717) is 0 Å². The normalized spacial score (nSPS) is 29.1. The van der Waals surface area contributed by atoms with E-state index in [1.165, 1.54) is 45.1 Å². The van der Waals surface area contributed by atoms with Gasteiger partial charge in [-0.25, -0.2) is 0 Å². The van der Waals surface area contributed by atoms with Crippen molar-refractivity contribution in [2.24, 2.45) is 11.8 Å². The SMILES string of the molecule is CC(C)CCNC1CCCCCC1C. The molecule has 0 aromatic carbocycles. The summed E-state index contributed by atoms with van der Waals surface area (Å²) in [6.07, 6.45) is 8.49. The average molecular weight is 197 g/mol. The Morgan fingerprint density at radius 1 is 1.14 bits per heavy atom. The van der Waals surface area contributed by atoms with Crippen LogP contribution >= 0.6 is 0 Å². The lowest BCUT2D eigenvalue weighted by molar-refractivity contribution is 0.348. The van der Waals surface area contributed by atoms with Gasteiger partial charge in [0.25, 0.3) is 0 Å². The highest BCUT2D eigenvalue weighted by molar-refractivity contribution is 4.76. The number of nitrogens with one attached hydrogen (secondary N) is 1. The first-order valence-electron chi connectivity index (χ1n) is 6.43. The molecule has 84 valence electrons. The van der Waals surface area contributed by atoms with Gasteiger partial charge in [-0.05, 0) is 37.6 Å². The predicted molar refractivity (Wildman–Crippen MR) is 63.5 cm³/mol. The number of rotatable bonds is 4. The van der Waals surface area contributed by atoms with E-state index >= 15 is 0 Å². The molecule has 2 unspecified atom stereocenters. The van der Waals surface area contributed by atoms with Gasteiger partial charge in [0, 0.05) is 6.04 Å². The van der Waals surface area contributed by atoms with E-state index < -0.39 is 0 Å². The molecule has 0 heterocycles. The zero-order valence-corrected chi connectivity index (χ0v) is 10.2. The summed E-state index contributed by atoms with van der Waals surface area (Å²) in [5.74, 6) is 1.73. The summed E-state index contributed by atoms with van der Waals surface area (Å²) in [5, 5.41) is 3.74. The molecule has 1 saturated carbocycles. The van der Waals surface area contributed by atoms with Crippen LogP contribution in [0.4, 0.5) is 0 Å². The maximum Gasteiger partial charge on any atom is 0.00926 e. The van der Waals surface area contributed by atoms with Crippen molar-refractivity contribution in [1.29, 1.82) is 0 Å². The van der Waals surface area contributed by atoms with Crippen molar-refractivity contribution in [3.63, 3.8) is 0 Å². The van der Waals surface area contributed by atoms with Gasteiger partial charge in [0.15, 0.2) is 0 Å². The molecule has 0 aliphatic heterocycles. The van der Waals surface area contributed by atoms with E-state index in [2.05, 4.69) is 26.1 Å². The highest BCUT2D eigenvalue weighted by atomic mass is 14.9. The molecule has 0 amide bonds. The lowest BCUT2D eigenvalue weighted by Crippen LogP contribution is -2.35. The number of hydrogen-bond donors (Lipinski definition) is 1.